The van der Waals surface area contributed by atoms with Crippen molar-refractivity contribution in [1.29, 1.82) is 0 Å². The van der Waals surface area contributed by atoms with Gasteiger partial charge < -0.3 is 20.9 Å². The van der Waals surface area contributed by atoms with Gasteiger partial charge in [-0.2, -0.15) is 13.2 Å². The van der Waals surface area contributed by atoms with Crippen LogP contribution in [0, 0.1) is 12.7 Å². The minimum Gasteiger partial charge on any atom is -0.376 e. The lowest BCUT2D eigenvalue weighted by atomic mass is 10.1. The number of carbonyl (C=O) groups excluding carboxylic acids is 3. The van der Waals surface area contributed by atoms with E-state index >= 15 is 0 Å². The molecule has 0 aliphatic rings. The van der Waals surface area contributed by atoms with E-state index < -0.39 is 36.3 Å². The first-order valence-electron chi connectivity index (χ1n) is 9.54. The zero-order valence-electron chi connectivity index (χ0n) is 17.6. The number of alkyl halides is 3. The Kier molecular flexibility index (Phi) is 8.63. The van der Waals surface area contributed by atoms with Crippen molar-refractivity contribution in [3.8, 4) is 0 Å². The lowest BCUT2D eigenvalue weighted by molar-refractivity contribution is -0.131. The maximum atomic E-state index is 14.2. The molecule has 0 atom stereocenters. The van der Waals surface area contributed by atoms with Gasteiger partial charge in [-0.05, 0) is 31.2 Å². The van der Waals surface area contributed by atoms with Crippen LogP contribution in [-0.4, -0.2) is 55.5 Å². The number of para-hydroxylation sites is 1. The van der Waals surface area contributed by atoms with E-state index in [1.165, 1.54) is 14.0 Å². The highest BCUT2D eigenvalue weighted by Gasteiger charge is 2.28. The molecule has 2 aromatic rings. The Bertz CT molecular complexity index is 1050. The first-order valence-corrected chi connectivity index (χ1v) is 9.92. The molecule has 2 rings (SSSR count). The maximum absolute atomic E-state index is 14.2. The van der Waals surface area contributed by atoms with Crippen LogP contribution < -0.4 is 16.0 Å². The summed E-state index contributed by atoms with van der Waals surface area (Å²) in [5.74, 6) is -2.98. The van der Waals surface area contributed by atoms with Gasteiger partial charge in [0.15, 0.2) is 0 Å². The van der Waals surface area contributed by atoms with Crippen molar-refractivity contribution in [1.82, 2.24) is 10.2 Å². The molecule has 0 aliphatic carbocycles. The molecule has 3 amide bonds. The molecular weight excluding hydrogens is 468 g/mol. The Morgan fingerprint density at radius 3 is 2.39 bits per heavy atom. The standard InChI is InChI=1S/C21H21ClF4N4O3/c1-12-15(23)7-13(20(33)28-11-21(24,25)26)8-17(12)27-9-19(32)30(2)10-18(31)29-16-6-4-3-5-14(16)22/h3-8,27H,9-11H2,1-2H3,(H,28,33)(H,29,31). The monoisotopic (exact) mass is 488 g/mol. The van der Waals surface area contributed by atoms with Gasteiger partial charge in [-0.3, -0.25) is 14.4 Å². The molecule has 0 unspecified atom stereocenters. The highest BCUT2D eigenvalue weighted by Crippen LogP contribution is 2.22. The highest BCUT2D eigenvalue weighted by atomic mass is 35.5. The van der Waals surface area contributed by atoms with Crippen molar-refractivity contribution >= 4 is 40.7 Å². The largest absolute Gasteiger partial charge is 0.405 e. The first-order chi connectivity index (χ1) is 15.4. The van der Waals surface area contributed by atoms with Gasteiger partial charge in [-0.1, -0.05) is 23.7 Å². The molecule has 12 heteroatoms. The fourth-order valence-electron chi connectivity index (χ4n) is 2.64. The summed E-state index contributed by atoms with van der Waals surface area (Å²) in [5, 5.41) is 7.20. The minimum atomic E-state index is -4.62. The second-order valence-electron chi connectivity index (χ2n) is 7.06. The average molecular weight is 489 g/mol. The third-order valence-electron chi connectivity index (χ3n) is 4.44. The predicted octanol–water partition coefficient (Wildman–Crippen LogP) is 3.59. The van der Waals surface area contributed by atoms with Crippen LogP contribution in [0.15, 0.2) is 36.4 Å². The summed E-state index contributed by atoms with van der Waals surface area (Å²) < 4.78 is 51.0. The van der Waals surface area contributed by atoms with E-state index in [1.54, 1.807) is 29.6 Å². The number of rotatable bonds is 8. The van der Waals surface area contributed by atoms with Crippen LogP contribution in [0.2, 0.25) is 5.02 Å². The zero-order valence-corrected chi connectivity index (χ0v) is 18.4. The number of nitrogens with one attached hydrogen (secondary N) is 3. The van der Waals surface area contributed by atoms with E-state index in [9.17, 15) is 31.9 Å². The fraction of sp³-hybridized carbons (Fsp3) is 0.286. The van der Waals surface area contributed by atoms with Crippen molar-refractivity contribution in [2.75, 3.05) is 37.3 Å². The van der Waals surface area contributed by atoms with Gasteiger partial charge in [-0.25, -0.2) is 4.39 Å². The average Bonchev–Trinajstić information content (AvgIpc) is 2.73. The second-order valence-corrected chi connectivity index (χ2v) is 7.47. The summed E-state index contributed by atoms with van der Waals surface area (Å²) in [6.07, 6.45) is -4.62. The van der Waals surface area contributed by atoms with E-state index in [0.717, 1.165) is 17.0 Å². The number of anilines is 2. The summed E-state index contributed by atoms with van der Waals surface area (Å²) in [6.45, 7) is -0.841. The molecule has 0 aromatic heterocycles. The Hall–Kier alpha value is -3.34. The SMILES string of the molecule is Cc1c(F)cc(C(=O)NCC(F)(F)F)cc1NCC(=O)N(C)CC(=O)Nc1ccccc1Cl. The number of amides is 3. The van der Waals surface area contributed by atoms with Crippen molar-refractivity contribution in [2.45, 2.75) is 13.1 Å². The lowest BCUT2D eigenvalue weighted by Gasteiger charge is -2.19. The van der Waals surface area contributed by atoms with Crippen LogP contribution >= 0.6 is 11.6 Å². The number of hydrogen-bond acceptors (Lipinski definition) is 4. The van der Waals surface area contributed by atoms with E-state index in [-0.39, 0.29) is 29.9 Å². The Labute approximate surface area is 192 Å². The van der Waals surface area contributed by atoms with E-state index in [0.29, 0.717) is 10.7 Å². The predicted molar refractivity (Wildman–Crippen MR) is 116 cm³/mol. The molecule has 0 radical (unpaired) electrons. The minimum absolute atomic E-state index is 0.0504. The van der Waals surface area contributed by atoms with Crippen LogP contribution in [0.1, 0.15) is 15.9 Å². The smallest absolute Gasteiger partial charge is 0.376 e. The number of halogens is 5. The summed E-state index contributed by atoms with van der Waals surface area (Å²) >= 11 is 5.97. The Morgan fingerprint density at radius 1 is 1.09 bits per heavy atom. The maximum Gasteiger partial charge on any atom is 0.405 e. The van der Waals surface area contributed by atoms with Crippen molar-refractivity contribution in [3.63, 3.8) is 0 Å². The molecule has 0 saturated heterocycles. The van der Waals surface area contributed by atoms with Gasteiger partial charge in [-0.15, -0.1) is 0 Å². The Morgan fingerprint density at radius 2 is 1.76 bits per heavy atom. The molecule has 7 nitrogen and oxygen atoms in total. The molecule has 2 aromatic carbocycles. The third kappa shape index (κ3) is 7.94. The second kappa shape index (κ2) is 11.0. The number of carbonyl (C=O) groups is 3. The number of nitrogens with zero attached hydrogens (tertiary/aromatic N) is 1. The fourth-order valence-corrected chi connectivity index (χ4v) is 2.82. The van der Waals surface area contributed by atoms with Crippen molar-refractivity contribution in [2.24, 2.45) is 0 Å². The lowest BCUT2D eigenvalue weighted by Crippen LogP contribution is -2.38. The number of benzene rings is 2. The van der Waals surface area contributed by atoms with Gasteiger partial charge >= 0.3 is 6.18 Å². The van der Waals surface area contributed by atoms with E-state index in [2.05, 4.69) is 10.6 Å². The molecule has 0 heterocycles. The summed E-state index contributed by atoms with van der Waals surface area (Å²) in [5.41, 5.74) is 0.156. The molecule has 0 fully saturated rings. The molecular formula is C21H21ClF4N4O3. The first kappa shape index (κ1) is 25.9. The van der Waals surface area contributed by atoms with Crippen molar-refractivity contribution < 1.29 is 31.9 Å². The molecule has 0 spiro atoms. The molecule has 0 saturated carbocycles. The Balaban J connectivity index is 1.97. The summed E-state index contributed by atoms with van der Waals surface area (Å²) in [7, 11) is 1.38. The molecule has 178 valence electrons. The van der Waals surface area contributed by atoms with Crippen LogP contribution in [0.3, 0.4) is 0 Å². The summed E-state index contributed by atoms with van der Waals surface area (Å²) in [6, 6.07) is 8.51. The van der Waals surface area contributed by atoms with Gasteiger partial charge in [0.05, 0.1) is 23.8 Å². The van der Waals surface area contributed by atoms with Crippen LogP contribution in [0.4, 0.5) is 28.9 Å². The molecule has 0 aliphatic heterocycles. The van der Waals surface area contributed by atoms with Gasteiger partial charge in [0, 0.05) is 23.9 Å². The van der Waals surface area contributed by atoms with E-state index in [4.69, 9.17) is 11.6 Å². The molecule has 0 bridgehead atoms. The van der Waals surface area contributed by atoms with Gasteiger partial charge in [0.25, 0.3) is 5.91 Å². The molecule has 33 heavy (non-hydrogen) atoms. The third-order valence-corrected chi connectivity index (χ3v) is 4.77. The normalized spacial score (nSPS) is 11.0. The number of likely N-dealkylation sites (N-methyl/N-ethyl adjacent to an activating group) is 1. The number of hydrogen-bond donors (Lipinski definition) is 3. The summed E-state index contributed by atoms with van der Waals surface area (Å²) in [4.78, 5) is 37.5. The zero-order chi connectivity index (χ0) is 24.8. The van der Waals surface area contributed by atoms with Crippen LogP contribution in [0.5, 0.6) is 0 Å². The van der Waals surface area contributed by atoms with E-state index in [1.807, 2.05) is 0 Å². The highest BCUT2D eigenvalue weighted by molar-refractivity contribution is 6.33. The van der Waals surface area contributed by atoms with Crippen molar-refractivity contribution in [3.05, 3.63) is 58.4 Å². The molecule has 3 N–H and O–H groups in total. The van der Waals surface area contributed by atoms with Crippen LogP contribution in [0.25, 0.3) is 0 Å². The van der Waals surface area contributed by atoms with Gasteiger partial charge in [0.2, 0.25) is 11.8 Å². The quantitative estimate of drug-likeness (QED) is 0.495. The van der Waals surface area contributed by atoms with Crippen LogP contribution in [-0.2, 0) is 9.59 Å². The van der Waals surface area contributed by atoms with Gasteiger partial charge in [0.1, 0.15) is 12.4 Å². The topological polar surface area (TPSA) is 90.5 Å².